The molecule has 128 valence electrons. The fourth-order valence-corrected chi connectivity index (χ4v) is 4.13. The van der Waals surface area contributed by atoms with Gasteiger partial charge in [0.25, 0.3) is 0 Å². The Morgan fingerprint density at radius 1 is 1.39 bits per heavy atom. The molecule has 0 aromatic heterocycles. The number of nitrogens with one attached hydrogen (secondary N) is 2. The summed E-state index contributed by atoms with van der Waals surface area (Å²) < 4.78 is 31.9. The number of hydrogen-bond donors (Lipinski definition) is 2. The first-order valence-corrected chi connectivity index (χ1v) is 9.42. The van der Waals surface area contributed by atoms with E-state index in [1.807, 2.05) is 6.07 Å². The molecule has 1 aromatic rings. The standard InChI is InChI=1S/C16H24N2O4S/c1-12(15(22-2)14-9-6-10-17-14)16(19)18-23(20,21)11-13-7-4-3-5-8-13/h3-5,7-8,12,14-15,17H,6,9-11H2,1-2H3,(H,18,19)/t12-,14+,15-/m1/s1. The lowest BCUT2D eigenvalue weighted by Crippen LogP contribution is -2.47. The Kier molecular flexibility index (Phi) is 6.15. The molecule has 2 rings (SSSR count). The third kappa shape index (κ3) is 5.02. The number of rotatable bonds is 7. The Bertz CT molecular complexity index is 612. The average Bonchev–Trinajstić information content (AvgIpc) is 3.02. The summed E-state index contributed by atoms with van der Waals surface area (Å²) in [7, 11) is -2.17. The number of methoxy groups -OCH3 is 1. The van der Waals surface area contributed by atoms with Gasteiger partial charge in [-0.05, 0) is 24.9 Å². The van der Waals surface area contributed by atoms with Crippen LogP contribution < -0.4 is 10.0 Å². The van der Waals surface area contributed by atoms with Gasteiger partial charge in [0.2, 0.25) is 15.9 Å². The van der Waals surface area contributed by atoms with Gasteiger partial charge in [0.15, 0.2) is 0 Å². The minimum atomic E-state index is -3.72. The molecule has 0 spiro atoms. The van der Waals surface area contributed by atoms with E-state index >= 15 is 0 Å². The molecular formula is C16H24N2O4S. The van der Waals surface area contributed by atoms with Crippen molar-refractivity contribution in [2.45, 2.75) is 37.7 Å². The van der Waals surface area contributed by atoms with Crippen LogP contribution in [0.1, 0.15) is 25.3 Å². The molecule has 0 saturated carbocycles. The fraction of sp³-hybridized carbons (Fsp3) is 0.562. The molecule has 0 bridgehead atoms. The second kappa shape index (κ2) is 7.90. The van der Waals surface area contributed by atoms with E-state index in [0.717, 1.165) is 19.4 Å². The molecule has 0 aliphatic carbocycles. The number of hydrogen-bond acceptors (Lipinski definition) is 5. The van der Waals surface area contributed by atoms with E-state index in [-0.39, 0.29) is 17.9 Å². The van der Waals surface area contributed by atoms with Crippen molar-refractivity contribution < 1.29 is 17.9 Å². The topological polar surface area (TPSA) is 84.5 Å². The van der Waals surface area contributed by atoms with Crippen LogP contribution in [-0.4, -0.2) is 40.1 Å². The van der Waals surface area contributed by atoms with Gasteiger partial charge in [0.05, 0.1) is 17.8 Å². The zero-order valence-electron chi connectivity index (χ0n) is 13.5. The van der Waals surface area contributed by atoms with Crippen molar-refractivity contribution in [1.82, 2.24) is 10.0 Å². The first-order valence-electron chi connectivity index (χ1n) is 7.77. The predicted octanol–water partition coefficient (Wildman–Crippen LogP) is 1.04. The van der Waals surface area contributed by atoms with Crippen molar-refractivity contribution in [3.63, 3.8) is 0 Å². The van der Waals surface area contributed by atoms with Crippen LogP contribution in [0.2, 0.25) is 0 Å². The molecule has 1 aromatic carbocycles. The van der Waals surface area contributed by atoms with E-state index < -0.39 is 21.8 Å². The summed E-state index contributed by atoms with van der Waals surface area (Å²) in [6.45, 7) is 2.59. The van der Waals surface area contributed by atoms with Crippen LogP contribution in [0.25, 0.3) is 0 Å². The van der Waals surface area contributed by atoms with Crippen molar-refractivity contribution in [2.24, 2.45) is 5.92 Å². The third-order valence-corrected chi connectivity index (χ3v) is 5.35. The van der Waals surface area contributed by atoms with Crippen LogP contribution in [0.15, 0.2) is 30.3 Å². The van der Waals surface area contributed by atoms with Crippen molar-refractivity contribution in [3.05, 3.63) is 35.9 Å². The maximum Gasteiger partial charge on any atom is 0.239 e. The first kappa shape index (κ1) is 17.9. The first-order chi connectivity index (χ1) is 10.9. The molecule has 1 aliphatic rings. The van der Waals surface area contributed by atoms with Crippen LogP contribution in [0, 0.1) is 5.92 Å². The van der Waals surface area contributed by atoms with Crippen LogP contribution in [0.5, 0.6) is 0 Å². The normalized spacial score (nSPS) is 20.9. The summed E-state index contributed by atoms with van der Waals surface area (Å²) >= 11 is 0. The van der Waals surface area contributed by atoms with Gasteiger partial charge in [0, 0.05) is 13.2 Å². The van der Waals surface area contributed by atoms with Crippen molar-refractivity contribution in [1.29, 1.82) is 0 Å². The molecule has 1 aliphatic heterocycles. The number of benzene rings is 1. The molecule has 0 radical (unpaired) electrons. The van der Waals surface area contributed by atoms with Crippen LogP contribution in [-0.2, 0) is 25.3 Å². The molecule has 1 fully saturated rings. The highest BCUT2D eigenvalue weighted by Crippen LogP contribution is 2.19. The number of carbonyl (C=O) groups excluding carboxylic acids is 1. The van der Waals surface area contributed by atoms with Crippen molar-refractivity contribution >= 4 is 15.9 Å². The fourth-order valence-electron chi connectivity index (χ4n) is 2.93. The lowest BCUT2D eigenvalue weighted by molar-refractivity contribution is -0.127. The monoisotopic (exact) mass is 340 g/mol. The van der Waals surface area contributed by atoms with Crippen LogP contribution in [0.4, 0.5) is 0 Å². The SMILES string of the molecule is CO[C@@H]([C@@H]1CCCN1)[C@@H](C)C(=O)NS(=O)(=O)Cc1ccccc1. The van der Waals surface area contributed by atoms with E-state index in [1.165, 1.54) is 0 Å². The Labute approximate surface area is 137 Å². The molecule has 23 heavy (non-hydrogen) atoms. The maximum atomic E-state index is 12.3. The quantitative estimate of drug-likeness (QED) is 0.775. The molecule has 1 saturated heterocycles. The van der Waals surface area contributed by atoms with E-state index in [9.17, 15) is 13.2 Å². The predicted molar refractivity (Wildman–Crippen MR) is 88.2 cm³/mol. The molecule has 1 amide bonds. The lowest BCUT2D eigenvalue weighted by atomic mass is 9.96. The molecule has 1 heterocycles. The number of ether oxygens (including phenoxy) is 1. The number of amides is 1. The second-order valence-electron chi connectivity index (χ2n) is 5.90. The van der Waals surface area contributed by atoms with E-state index in [2.05, 4.69) is 10.0 Å². The van der Waals surface area contributed by atoms with Crippen LogP contribution >= 0.6 is 0 Å². The highest BCUT2D eigenvalue weighted by Gasteiger charge is 2.34. The number of carbonyl (C=O) groups is 1. The highest BCUT2D eigenvalue weighted by molar-refractivity contribution is 7.89. The summed E-state index contributed by atoms with van der Waals surface area (Å²) in [6, 6.07) is 8.86. The van der Waals surface area contributed by atoms with Crippen molar-refractivity contribution in [3.8, 4) is 0 Å². The van der Waals surface area contributed by atoms with Gasteiger partial charge >= 0.3 is 0 Å². The van der Waals surface area contributed by atoms with E-state index in [1.54, 1.807) is 38.3 Å². The van der Waals surface area contributed by atoms with Crippen LogP contribution in [0.3, 0.4) is 0 Å². The smallest absolute Gasteiger partial charge is 0.239 e. The zero-order chi connectivity index (χ0) is 16.9. The summed E-state index contributed by atoms with van der Waals surface area (Å²) in [4.78, 5) is 12.3. The molecule has 7 heteroatoms. The molecule has 6 nitrogen and oxygen atoms in total. The summed E-state index contributed by atoms with van der Waals surface area (Å²) in [5, 5.41) is 3.29. The Hall–Kier alpha value is -1.44. The molecule has 2 N–H and O–H groups in total. The van der Waals surface area contributed by atoms with E-state index in [4.69, 9.17) is 4.74 Å². The van der Waals surface area contributed by atoms with Gasteiger partial charge in [-0.1, -0.05) is 37.3 Å². The van der Waals surface area contributed by atoms with Gasteiger partial charge in [-0.2, -0.15) is 0 Å². The summed E-state index contributed by atoms with van der Waals surface area (Å²) in [5.41, 5.74) is 0.640. The van der Waals surface area contributed by atoms with Gasteiger partial charge in [-0.3, -0.25) is 9.52 Å². The Morgan fingerprint density at radius 2 is 2.09 bits per heavy atom. The molecule has 3 atom stereocenters. The van der Waals surface area contributed by atoms with Gasteiger partial charge in [-0.25, -0.2) is 8.42 Å². The van der Waals surface area contributed by atoms with Crippen molar-refractivity contribution in [2.75, 3.05) is 13.7 Å². The molecule has 0 unspecified atom stereocenters. The van der Waals surface area contributed by atoms with E-state index in [0.29, 0.717) is 5.56 Å². The maximum absolute atomic E-state index is 12.3. The Morgan fingerprint density at radius 3 is 2.65 bits per heavy atom. The Balaban J connectivity index is 1.98. The van der Waals surface area contributed by atoms with Gasteiger partial charge < -0.3 is 10.1 Å². The summed E-state index contributed by atoms with van der Waals surface area (Å²) in [5.74, 6) is -1.30. The zero-order valence-corrected chi connectivity index (χ0v) is 14.3. The number of sulfonamides is 1. The highest BCUT2D eigenvalue weighted by atomic mass is 32.2. The molecular weight excluding hydrogens is 316 g/mol. The summed E-state index contributed by atoms with van der Waals surface area (Å²) in [6.07, 6.45) is 1.61. The van der Waals surface area contributed by atoms with Gasteiger partial charge in [0.1, 0.15) is 0 Å². The largest absolute Gasteiger partial charge is 0.379 e. The lowest BCUT2D eigenvalue weighted by Gasteiger charge is -2.27. The average molecular weight is 340 g/mol. The minimum Gasteiger partial charge on any atom is -0.379 e. The second-order valence-corrected chi connectivity index (χ2v) is 7.63. The third-order valence-electron chi connectivity index (χ3n) is 4.13. The minimum absolute atomic E-state index is 0.0811. The van der Waals surface area contributed by atoms with Gasteiger partial charge in [-0.15, -0.1) is 0 Å².